The zero-order chi connectivity index (χ0) is 14.7. The molecule has 0 aromatic heterocycles. The predicted octanol–water partition coefficient (Wildman–Crippen LogP) is 0.657. The summed E-state index contributed by atoms with van der Waals surface area (Å²) < 4.78 is 63.6. The smallest absolute Gasteiger partial charge is 0.314 e. The van der Waals surface area contributed by atoms with Crippen molar-refractivity contribution in [3.05, 3.63) is 0 Å². The van der Waals surface area contributed by atoms with Gasteiger partial charge in [-0.15, -0.1) is 0 Å². The normalized spacial score (nSPS) is 19.3. The summed E-state index contributed by atoms with van der Waals surface area (Å²) in [7, 11) is -4.05. The Hall–Kier alpha value is -0.380. The topological polar surface area (TPSA) is 52.7 Å². The van der Waals surface area contributed by atoms with Gasteiger partial charge in [-0.2, -0.15) is 30.2 Å². The van der Waals surface area contributed by atoms with Crippen molar-refractivity contribution < 1.29 is 21.6 Å². The third-order valence-corrected chi connectivity index (χ3v) is 4.60. The summed E-state index contributed by atoms with van der Waals surface area (Å²) in [6, 6.07) is 0. The van der Waals surface area contributed by atoms with E-state index >= 15 is 0 Å². The first-order chi connectivity index (χ1) is 8.63. The molecule has 0 bridgehead atoms. The minimum absolute atomic E-state index is 0.133. The van der Waals surface area contributed by atoms with E-state index < -0.39 is 22.9 Å². The van der Waals surface area contributed by atoms with Gasteiger partial charge >= 0.3 is 6.18 Å². The molecule has 114 valence electrons. The molecule has 1 rings (SSSR count). The second-order valence-electron chi connectivity index (χ2n) is 4.96. The van der Waals surface area contributed by atoms with Crippen LogP contribution >= 0.6 is 0 Å². The van der Waals surface area contributed by atoms with Crippen molar-refractivity contribution in [3.63, 3.8) is 0 Å². The van der Waals surface area contributed by atoms with Crippen LogP contribution < -0.4 is 5.32 Å². The highest BCUT2D eigenvalue weighted by molar-refractivity contribution is 7.86. The number of nitrogens with zero attached hydrogens (tertiary/aromatic N) is 2. The Labute approximate surface area is 111 Å². The molecule has 1 N–H and O–H groups in total. The molecule has 1 fully saturated rings. The monoisotopic (exact) mass is 303 g/mol. The highest BCUT2D eigenvalue weighted by Gasteiger charge is 2.39. The highest BCUT2D eigenvalue weighted by atomic mass is 32.2. The standard InChI is InChI=1S/C10H20F3N3O2S/c1-9(2)7-16(8-10(11,12)13)19(17,18)15-5-3-14-4-6-15/h9,14H,3-8H2,1-2H3. The first-order valence-electron chi connectivity index (χ1n) is 6.15. The van der Waals surface area contributed by atoms with Gasteiger partial charge in [-0.1, -0.05) is 13.8 Å². The summed E-state index contributed by atoms with van der Waals surface area (Å²) in [6.07, 6.45) is -4.53. The number of halogens is 3. The molecule has 0 spiro atoms. The fourth-order valence-corrected chi connectivity index (χ4v) is 3.65. The molecule has 19 heavy (non-hydrogen) atoms. The molecule has 0 aromatic rings. The maximum absolute atomic E-state index is 12.5. The van der Waals surface area contributed by atoms with Crippen LogP contribution in [0, 0.1) is 5.92 Å². The summed E-state index contributed by atoms with van der Waals surface area (Å²) in [5.41, 5.74) is 0. The van der Waals surface area contributed by atoms with Crippen molar-refractivity contribution >= 4 is 10.2 Å². The quantitative estimate of drug-likeness (QED) is 0.812. The van der Waals surface area contributed by atoms with Crippen LogP contribution in [0.3, 0.4) is 0 Å². The summed E-state index contributed by atoms with van der Waals surface area (Å²) in [5, 5.41) is 2.97. The highest BCUT2D eigenvalue weighted by Crippen LogP contribution is 2.21. The maximum atomic E-state index is 12.5. The first-order valence-corrected chi connectivity index (χ1v) is 7.55. The molecule has 0 atom stereocenters. The van der Waals surface area contributed by atoms with Gasteiger partial charge in [0.05, 0.1) is 0 Å². The molecule has 0 unspecified atom stereocenters. The minimum Gasteiger partial charge on any atom is -0.314 e. The van der Waals surface area contributed by atoms with Crippen molar-refractivity contribution in [2.75, 3.05) is 39.3 Å². The Bertz CT molecular complexity index is 378. The molecule has 1 saturated heterocycles. The summed E-state index contributed by atoms with van der Waals surface area (Å²) in [5.74, 6) is -0.167. The van der Waals surface area contributed by atoms with E-state index in [1.807, 2.05) is 0 Å². The number of hydrogen-bond acceptors (Lipinski definition) is 3. The molecule has 1 heterocycles. The molecule has 1 aliphatic rings. The Morgan fingerprint density at radius 3 is 2.21 bits per heavy atom. The zero-order valence-electron chi connectivity index (χ0n) is 11.1. The second kappa shape index (κ2) is 6.38. The third-order valence-electron chi connectivity index (χ3n) is 2.65. The van der Waals surface area contributed by atoms with Gasteiger partial charge in [0, 0.05) is 32.7 Å². The fourth-order valence-electron chi connectivity index (χ4n) is 1.89. The Morgan fingerprint density at radius 1 is 1.26 bits per heavy atom. The van der Waals surface area contributed by atoms with E-state index in [4.69, 9.17) is 0 Å². The van der Waals surface area contributed by atoms with Gasteiger partial charge < -0.3 is 5.32 Å². The molecule has 0 saturated carbocycles. The van der Waals surface area contributed by atoms with Crippen molar-refractivity contribution in [2.24, 2.45) is 5.92 Å². The molecule has 0 aromatic carbocycles. The largest absolute Gasteiger partial charge is 0.402 e. The van der Waals surface area contributed by atoms with Crippen molar-refractivity contribution in [2.45, 2.75) is 20.0 Å². The van der Waals surface area contributed by atoms with Crippen LogP contribution in [0.5, 0.6) is 0 Å². The van der Waals surface area contributed by atoms with Crippen LogP contribution in [-0.4, -0.2) is 62.5 Å². The van der Waals surface area contributed by atoms with E-state index in [-0.39, 0.29) is 25.6 Å². The van der Waals surface area contributed by atoms with Gasteiger partial charge in [-0.25, -0.2) is 0 Å². The van der Waals surface area contributed by atoms with Crippen LogP contribution in [0.15, 0.2) is 0 Å². The van der Waals surface area contributed by atoms with E-state index in [9.17, 15) is 21.6 Å². The van der Waals surface area contributed by atoms with Crippen LogP contribution in [0.2, 0.25) is 0 Å². The number of hydrogen-bond donors (Lipinski definition) is 1. The second-order valence-corrected chi connectivity index (χ2v) is 6.89. The number of rotatable bonds is 5. The molecular weight excluding hydrogens is 283 g/mol. The van der Waals surface area contributed by atoms with Crippen LogP contribution in [-0.2, 0) is 10.2 Å². The van der Waals surface area contributed by atoms with Crippen molar-refractivity contribution in [1.29, 1.82) is 0 Å². The number of piperazine rings is 1. The average Bonchev–Trinajstić information content (AvgIpc) is 2.27. The minimum atomic E-state index is -4.53. The number of alkyl halides is 3. The molecule has 1 aliphatic heterocycles. The molecule has 0 amide bonds. The summed E-state index contributed by atoms with van der Waals surface area (Å²) in [6.45, 7) is 3.14. The van der Waals surface area contributed by atoms with Gasteiger partial charge in [0.2, 0.25) is 0 Å². The van der Waals surface area contributed by atoms with E-state index in [0.29, 0.717) is 17.4 Å². The summed E-state index contributed by atoms with van der Waals surface area (Å²) in [4.78, 5) is 0. The fraction of sp³-hybridized carbons (Fsp3) is 1.00. The summed E-state index contributed by atoms with van der Waals surface area (Å²) >= 11 is 0. The maximum Gasteiger partial charge on any atom is 0.402 e. The van der Waals surface area contributed by atoms with E-state index in [0.717, 1.165) is 4.31 Å². The Kier molecular flexibility index (Phi) is 5.60. The van der Waals surface area contributed by atoms with Gasteiger partial charge in [0.15, 0.2) is 0 Å². The SMILES string of the molecule is CC(C)CN(CC(F)(F)F)S(=O)(=O)N1CCNCC1. The van der Waals surface area contributed by atoms with E-state index in [1.54, 1.807) is 13.8 Å². The Balaban J connectivity index is 2.87. The van der Waals surface area contributed by atoms with Crippen LogP contribution in [0.25, 0.3) is 0 Å². The number of nitrogens with one attached hydrogen (secondary N) is 1. The van der Waals surface area contributed by atoms with Crippen LogP contribution in [0.4, 0.5) is 13.2 Å². The van der Waals surface area contributed by atoms with Crippen LogP contribution in [0.1, 0.15) is 13.8 Å². The van der Waals surface area contributed by atoms with Gasteiger partial charge in [0.25, 0.3) is 10.2 Å². The van der Waals surface area contributed by atoms with Gasteiger partial charge in [-0.3, -0.25) is 0 Å². The predicted molar refractivity (Wildman–Crippen MR) is 65.8 cm³/mol. The first kappa shape index (κ1) is 16.7. The third kappa shape index (κ3) is 5.25. The van der Waals surface area contributed by atoms with E-state index in [2.05, 4.69) is 5.32 Å². The molecule has 0 radical (unpaired) electrons. The molecule has 5 nitrogen and oxygen atoms in total. The lowest BCUT2D eigenvalue weighted by Gasteiger charge is -2.33. The molecule has 9 heteroatoms. The lowest BCUT2D eigenvalue weighted by atomic mass is 10.2. The average molecular weight is 303 g/mol. The molecular formula is C10H20F3N3O2S. The van der Waals surface area contributed by atoms with Gasteiger partial charge in [0.1, 0.15) is 6.54 Å². The van der Waals surface area contributed by atoms with E-state index in [1.165, 1.54) is 0 Å². The van der Waals surface area contributed by atoms with Gasteiger partial charge in [-0.05, 0) is 5.92 Å². The lowest BCUT2D eigenvalue weighted by molar-refractivity contribution is -0.137. The molecule has 0 aliphatic carbocycles. The van der Waals surface area contributed by atoms with Crippen molar-refractivity contribution in [1.82, 2.24) is 13.9 Å². The zero-order valence-corrected chi connectivity index (χ0v) is 11.9. The lowest BCUT2D eigenvalue weighted by Crippen LogP contribution is -2.54. The van der Waals surface area contributed by atoms with Crippen molar-refractivity contribution in [3.8, 4) is 0 Å². The Morgan fingerprint density at radius 2 is 1.79 bits per heavy atom.